The first-order valence-corrected chi connectivity index (χ1v) is 6.00. The number of nitrogens with two attached hydrogens (primary N) is 1. The monoisotopic (exact) mass is 251 g/mol. The first-order valence-electron chi connectivity index (χ1n) is 6.00. The third-order valence-electron chi connectivity index (χ3n) is 2.19. The van der Waals surface area contributed by atoms with E-state index >= 15 is 0 Å². The van der Waals surface area contributed by atoms with Crippen molar-refractivity contribution in [3.05, 3.63) is 17.8 Å². The molecule has 0 aliphatic carbocycles. The van der Waals surface area contributed by atoms with Crippen molar-refractivity contribution in [2.45, 2.75) is 27.7 Å². The van der Waals surface area contributed by atoms with Gasteiger partial charge in [0.15, 0.2) is 0 Å². The van der Waals surface area contributed by atoms with Gasteiger partial charge in [-0.1, -0.05) is 20.8 Å². The Labute approximate surface area is 108 Å². The number of aromatic nitrogens is 1. The molecule has 0 fully saturated rings. The van der Waals surface area contributed by atoms with E-state index in [0.29, 0.717) is 30.2 Å². The number of anilines is 2. The van der Waals surface area contributed by atoms with Gasteiger partial charge in [-0.05, 0) is 18.4 Å². The van der Waals surface area contributed by atoms with Crippen molar-refractivity contribution in [1.29, 1.82) is 0 Å². The number of carbonyl (C=O) groups is 1. The van der Waals surface area contributed by atoms with Crippen LogP contribution in [0.1, 0.15) is 38.1 Å². The Morgan fingerprint density at radius 1 is 1.50 bits per heavy atom. The van der Waals surface area contributed by atoms with Crippen LogP contribution in [0.15, 0.2) is 12.3 Å². The fourth-order valence-corrected chi connectivity index (χ4v) is 1.34. The molecule has 0 radical (unpaired) electrons. The summed E-state index contributed by atoms with van der Waals surface area (Å²) < 4.78 is 4.98. The Morgan fingerprint density at radius 3 is 2.72 bits per heavy atom. The predicted octanol–water partition coefficient (Wildman–Crippen LogP) is 2.30. The molecule has 0 aliphatic heterocycles. The highest BCUT2D eigenvalue weighted by Crippen LogP contribution is 2.19. The number of hydrogen-bond acceptors (Lipinski definition) is 5. The average molecular weight is 251 g/mol. The van der Waals surface area contributed by atoms with Gasteiger partial charge in [-0.2, -0.15) is 0 Å². The Kier molecular flexibility index (Phi) is 4.53. The molecule has 3 N–H and O–H groups in total. The van der Waals surface area contributed by atoms with E-state index in [1.165, 1.54) is 6.20 Å². The first-order chi connectivity index (χ1) is 8.33. The fraction of sp³-hybridized carbons (Fsp3) is 0.538. The van der Waals surface area contributed by atoms with E-state index in [2.05, 4.69) is 31.1 Å². The number of esters is 1. The van der Waals surface area contributed by atoms with Crippen molar-refractivity contribution in [3.63, 3.8) is 0 Å². The van der Waals surface area contributed by atoms with Gasteiger partial charge in [0.25, 0.3) is 0 Å². The van der Waals surface area contributed by atoms with Crippen LogP contribution in [0.3, 0.4) is 0 Å². The number of nitrogen functional groups attached to an aromatic ring is 1. The number of carbonyl (C=O) groups excluding carboxylic acids is 1. The lowest BCUT2D eigenvalue weighted by Crippen LogP contribution is -2.21. The molecule has 5 heteroatoms. The summed E-state index contributed by atoms with van der Waals surface area (Å²) in [7, 11) is 0. The molecule has 0 saturated heterocycles. The molecule has 1 heterocycles. The Bertz CT molecular complexity index is 425. The maximum absolute atomic E-state index is 11.8. The number of rotatable bonds is 4. The summed E-state index contributed by atoms with van der Waals surface area (Å²) in [6.07, 6.45) is 1.52. The first kappa shape index (κ1) is 14.3. The number of nitrogens with one attached hydrogen (secondary N) is 1. The van der Waals surface area contributed by atoms with Crippen LogP contribution in [-0.2, 0) is 4.74 Å². The van der Waals surface area contributed by atoms with Gasteiger partial charge >= 0.3 is 5.97 Å². The minimum Gasteiger partial charge on any atom is -0.462 e. The molecule has 0 bridgehead atoms. The van der Waals surface area contributed by atoms with Gasteiger partial charge in [0.2, 0.25) is 0 Å². The predicted molar refractivity (Wildman–Crippen MR) is 72.6 cm³/mol. The van der Waals surface area contributed by atoms with Crippen molar-refractivity contribution in [2.75, 3.05) is 24.2 Å². The third kappa shape index (κ3) is 4.24. The standard InChI is InChI=1S/C13H21N3O2/c1-5-18-12(17)10-6-9(14)7-15-11(10)16-8-13(2,3)4/h6-7H,5,8,14H2,1-4H3,(H,15,16). The summed E-state index contributed by atoms with van der Waals surface area (Å²) in [6, 6.07) is 1.58. The van der Waals surface area contributed by atoms with Gasteiger partial charge in [-0.15, -0.1) is 0 Å². The number of nitrogens with zero attached hydrogens (tertiary/aromatic N) is 1. The average Bonchev–Trinajstić information content (AvgIpc) is 2.26. The minimum atomic E-state index is -0.409. The van der Waals surface area contributed by atoms with Gasteiger partial charge < -0.3 is 15.8 Å². The minimum absolute atomic E-state index is 0.0923. The van der Waals surface area contributed by atoms with Gasteiger partial charge in [0.1, 0.15) is 11.4 Å². The summed E-state index contributed by atoms with van der Waals surface area (Å²) in [4.78, 5) is 15.9. The second kappa shape index (κ2) is 5.71. The molecule has 1 aromatic rings. The highest BCUT2D eigenvalue weighted by atomic mass is 16.5. The van der Waals surface area contributed by atoms with E-state index < -0.39 is 5.97 Å². The molecule has 100 valence electrons. The molecular formula is C13H21N3O2. The van der Waals surface area contributed by atoms with Crippen LogP contribution < -0.4 is 11.1 Å². The molecule has 0 aromatic carbocycles. The van der Waals surface area contributed by atoms with Gasteiger partial charge in [0.05, 0.1) is 18.5 Å². The van der Waals surface area contributed by atoms with Crippen LogP contribution in [0.2, 0.25) is 0 Å². The Hall–Kier alpha value is -1.78. The quantitative estimate of drug-likeness (QED) is 0.803. The van der Waals surface area contributed by atoms with Crippen LogP contribution in [0.25, 0.3) is 0 Å². The molecule has 0 amide bonds. The summed E-state index contributed by atoms with van der Waals surface area (Å²) in [6.45, 7) is 9.09. The van der Waals surface area contributed by atoms with E-state index in [4.69, 9.17) is 10.5 Å². The number of pyridine rings is 1. The van der Waals surface area contributed by atoms with Crippen LogP contribution >= 0.6 is 0 Å². The van der Waals surface area contributed by atoms with Gasteiger partial charge in [0, 0.05) is 6.54 Å². The van der Waals surface area contributed by atoms with Crippen molar-refractivity contribution in [1.82, 2.24) is 4.98 Å². The SMILES string of the molecule is CCOC(=O)c1cc(N)cnc1NCC(C)(C)C. The smallest absolute Gasteiger partial charge is 0.341 e. The summed E-state index contributed by atoms with van der Waals surface area (Å²) in [5.41, 5.74) is 6.56. The molecule has 1 aromatic heterocycles. The van der Waals surface area contributed by atoms with Crippen molar-refractivity contribution in [3.8, 4) is 0 Å². The zero-order valence-electron chi connectivity index (χ0n) is 11.4. The fourth-order valence-electron chi connectivity index (χ4n) is 1.34. The van der Waals surface area contributed by atoms with E-state index in [0.717, 1.165) is 0 Å². The lowest BCUT2D eigenvalue weighted by molar-refractivity contribution is 0.0527. The molecule has 18 heavy (non-hydrogen) atoms. The number of ether oxygens (including phenoxy) is 1. The highest BCUT2D eigenvalue weighted by Gasteiger charge is 2.17. The van der Waals surface area contributed by atoms with E-state index in [1.807, 2.05) is 0 Å². The van der Waals surface area contributed by atoms with Crippen molar-refractivity contribution < 1.29 is 9.53 Å². The second-order valence-electron chi connectivity index (χ2n) is 5.30. The molecule has 0 atom stereocenters. The third-order valence-corrected chi connectivity index (χ3v) is 2.19. The largest absolute Gasteiger partial charge is 0.462 e. The van der Waals surface area contributed by atoms with Crippen LogP contribution in [0.5, 0.6) is 0 Å². The zero-order chi connectivity index (χ0) is 13.8. The van der Waals surface area contributed by atoms with Gasteiger partial charge in [-0.25, -0.2) is 9.78 Å². The summed E-state index contributed by atoms with van der Waals surface area (Å²) in [5.74, 6) is 0.103. The molecular weight excluding hydrogens is 230 g/mol. The molecule has 1 rings (SSSR count). The Balaban J connectivity index is 2.93. The lowest BCUT2D eigenvalue weighted by Gasteiger charge is -2.20. The molecule has 0 aliphatic rings. The van der Waals surface area contributed by atoms with Crippen LogP contribution in [0.4, 0.5) is 11.5 Å². The zero-order valence-corrected chi connectivity index (χ0v) is 11.4. The van der Waals surface area contributed by atoms with Crippen LogP contribution in [0, 0.1) is 5.41 Å². The summed E-state index contributed by atoms with van der Waals surface area (Å²) in [5, 5.41) is 3.15. The maximum atomic E-state index is 11.8. The van der Waals surface area contributed by atoms with E-state index in [1.54, 1.807) is 13.0 Å². The molecule has 0 unspecified atom stereocenters. The normalized spacial score (nSPS) is 11.1. The molecule has 0 saturated carbocycles. The molecule has 5 nitrogen and oxygen atoms in total. The van der Waals surface area contributed by atoms with Crippen molar-refractivity contribution >= 4 is 17.5 Å². The van der Waals surface area contributed by atoms with Gasteiger partial charge in [-0.3, -0.25) is 0 Å². The van der Waals surface area contributed by atoms with E-state index in [9.17, 15) is 4.79 Å². The number of hydrogen-bond donors (Lipinski definition) is 2. The van der Waals surface area contributed by atoms with Crippen LogP contribution in [-0.4, -0.2) is 24.1 Å². The summed E-state index contributed by atoms with van der Waals surface area (Å²) >= 11 is 0. The second-order valence-corrected chi connectivity index (χ2v) is 5.30. The maximum Gasteiger partial charge on any atom is 0.341 e. The topological polar surface area (TPSA) is 77.2 Å². The lowest BCUT2D eigenvalue weighted by atomic mass is 9.97. The van der Waals surface area contributed by atoms with Crippen molar-refractivity contribution in [2.24, 2.45) is 5.41 Å². The highest BCUT2D eigenvalue weighted by molar-refractivity contribution is 5.95. The Morgan fingerprint density at radius 2 is 2.17 bits per heavy atom. The van der Waals surface area contributed by atoms with E-state index in [-0.39, 0.29) is 5.41 Å². The molecule has 0 spiro atoms.